The van der Waals surface area contributed by atoms with Crippen LogP contribution in [0.4, 0.5) is 55.4 Å². The Hall–Kier alpha value is -1.88. The Balaban J connectivity index is 4.01. The molecule has 0 amide bonds. The van der Waals surface area contributed by atoms with Gasteiger partial charge in [0.1, 0.15) is 5.69 Å². The van der Waals surface area contributed by atoms with E-state index in [-0.39, 0.29) is 5.54 Å². The molecule has 0 spiro atoms. The van der Waals surface area contributed by atoms with Crippen LogP contribution < -0.4 is 11.3 Å². The minimum atomic E-state index is -6.03. The minimum Gasteiger partial charge on any atom is -0.397 e. The zero-order chi connectivity index (χ0) is 16.8. The normalized spacial score (nSPS) is 13.4. The van der Waals surface area contributed by atoms with Crippen molar-refractivity contribution in [3.63, 3.8) is 0 Å². The first-order valence-electron chi connectivity index (χ1n) is 4.76. The Kier molecular flexibility index (Phi) is 3.96. The highest BCUT2D eigenvalue weighted by molar-refractivity contribution is 5.74. The summed E-state index contributed by atoms with van der Waals surface area (Å²) in [5, 5.41) is 0. The number of nitrogen functional groups attached to an aromatic ring is 1. The predicted molar refractivity (Wildman–Crippen MR) is 50.6 cm³/mol. The predicted octanol–water partition coefficient (Wildman–Crippen LogP) is 4.62. The second-order valence-corrected chi connectivity index (χ2v) is 3.73. The lowest BCUT2D eigenvalue weighted by atomic mass is 9.96. The maximum absolute atomic E-state index is 12.6. The zero-order valence-electron chi connectivity index (χ0n) is 9.43. The van der Waals surface area contributed by atoms with Crippen molar-refractivity contribution < 1.29 is 44.0 Å². The van der Waals surface area contributed by atoms with Gasteiger partial charge in [-0.2, -0.15) is 39.5 Å². The monoisotopic (exact) mass is 330 g/mol. The van der Waals surface area contributed by atoms with E-state index >= 15 is 0 Å². The zero-order valence-corrected chi connectivity index (χ0v) is 9.43. The number of benzene rings is 1. The van der Waals surface area contributed by atoms with Crippen LogP contribution in [-0.2, 0) is 18.5 Å². The summed E-state index contributed by atoms with van der Waals surface area (Å²) in [7, 11) is 0. The highest BCUT2D eigenvalue weighted by atomic mass is 19.4. The molecular weight excluding hydrogens is 326 g/mol. The molecular formula is C9H4F10N2. The fraction of sp³-hybridized carbons (Fsp3) is 0.333. The summed E-state index contributed by atoms with van der Waals surface area (Å²) in [6.45, 7) is 0. The van der Waals surface area contributed by atoms with Crippen LogP contribution in [0, 0.1) is 0 Å². The van der Waals surface area contributed by atoms with Crippen LogP contribution in [0.1, 0.15) is 16.7 Å². The van der Waals surface area contributed by atoms with Crippen LogP contribution in [0.25, 0.3) is 0 Å². The molecule has 1 aromatic rings. The van der Waals surface area contributed by atoms with Crippen molar-refractivity contribution in [2.45, 2.75) is 18.5 Å². The number of alkyl halides is 9. The third-order valence-corrected chi connectivity index (χ3v) is 2.32. The molecule has 1 aromatic carbocycles. The molecule has 0 bridgehead atoms. The van der Waals surface area contributed by atoms with E-state index in [0.29, 0.717) is 0 Å². The van der Waals surface area contributed by atoms with Gasteiger partial charge in [0.2, 0.25) is 0 Å². The van der Waals surface area contributed by atoms with Crippen molar-refractivity contribution >= 4 is 11.4 Å². The largest absolute Gasteiger partial charge is 0.419 e. The molecule has 1 rings (SSSR count). The summed E-state index contributed by atoms with van der Waals surface area (Å²) < 4.78 is 126. The number of hydrogen-bond donors (Lipinski definition) is 2. The van der Waals surface area contributed by atoms with Crippen molar-refractivity contribution in [1.29, 1.82) is 0 Å². The molecule has 0 fully saturated rings. The first-order valence-corrected chi connectivity index (χ1v) is 4.76. The highest BCUT2D eigenvalue weighted by Gasteiger charge is 2.52. The van der Waals surface area contributed by atoms with E-state index in [9.17, 15) is 44.0 Å². The Morgan fingerprint density at radius 1 is 0.762 bits per heavy atom. The van der Waals surface area contributed by atoms with Crippen molar-refractivity contribution in [3.05, 3.63) is 22.8 Å². The lowest BCUT2D eigenvalue weighted by molar-refractivity contribution is -0.174. The average Bonchev–Trinajstić information content (AvgIpc) is 2.23. The van der Waals surface area contributed by atoms with Crippen LogP contribution in [0.15, 0.2) is 6.07 Å². The number of hydrogen-bond acceptors (Lipinski definition) is 2. The quantitative estimate of drug-likeness (QED) is 0.448. The van der Waals surface area contributed by atoms with E-state index in [1.807, 2.05) is 0 Å². The lowest BCUT2D eigenvalue weighted by Crippen LogP contribution is -2.24. The highest BCUT2D eigenvalue weighted by Crippen LogP contribution is 2.51. The van der Waals surface area contributed by atoms with Crippen molar-refractivity contribution in [3.8, 4) is 0 Å². The molecule has 0 aliphatic carbocycles. The number of anilines is 2. The topological polar surface area (TPSA) is 38.0 Å². The molecule has 0 saturated carbocycles. The molecule has 0 heterocycles. The van der Waals surface area contributed by atoms with E-state index < -0.39 is 52.7 Å². The third kappa shape index (κ3) is 3.24. The third-order valence-electron chi connectivity index (χ3n) is 2.32. The Labute approximate surface area is 109 Å². The van der Waals surface area contributed by atoms with Crippen LogP contribution in [0.5, 0.6) is 0 Å². The molecule has 0 aliphatic rings. The fourth-order valence-electron chi connectivity index (χ4n) is 1.61. The Bertz CT molecular complexity index is 539. The number of halogens is 10. The Morgan fingerprint density at radius 3 is 1.48 bits per heavy atom. The van der Waals surface area contributed by atoms with Gasteiger partial charge in [-0.3, -0.25) is 0 Å². The molecule has 0 radical (unpaired) electrons. The maximum Gasteiger partial charge on any atom is 0.419 e. The van der Waals surface area contributed by atoms with Gasteiger partial charge in [0.25, 0.3) is 0 Å². The van der Waals surface area contributed by atoms with Crippen LogP contribution in [0.2, 0.25) is 0 Å². The smallest absolute Gasteiger partial charge is 0.397 e. The summed E-state index contributed by atoms with van der Waals surface area (Å²) in [5.41, 5.74) is -6.96. The van der Waals surface area contributed by atoms with Gasteiger partial charge in [-0.25, -0.2) is 5.54 Å². The lowest BCUT2D eigenvalue weighted by Gasteiger charge is -2.23. The summed E-state index contributed by atoms with van der Waals surface area (Å²) in [4.78, 5) is 0. The Morgan fingerprint density at radius 2 is 1.19 bits per heavy atom. The van der Waals surface area contributed by atoms with E-state index in [0.717, 1.165) is 0 Å². The number of nitrogens with one attached hydrogen (secondary N) is 1. The van der Waals surface area contributed by atoms with Crippen LogP contribution in [-0.4, -0.2) is 0 Å². The van der Waals surface area contributed by atoms with Gasteiger partial charge in [-0.15, -0.1) is 4.48 Å². The molecule has 0 atom stereocenters. The van der Waals surface area contributed by atoms with Crippen LogP contribution >= 0.6 is 0 Å². The first-order chi connectivity index (χ1) is 9.21. The molecule has 3 N–H and O–H groups in total. The molecule has 120 valence electrons. The van der Waals surface area contributed by atoms with Gasteiger partial charge in [-0.1, -0.05) is 0 Å². The van der Waals surface area contributed by atoms with Gasteiger partial charge < -0.3 is 5.73 Å². The summed E-state index contributed by atoms with van der Waals surface area (Å²) in [6, 6.07) is -0.417. The van der Waals surface area contributed by atoms with Crippen molar-refractivity contribution in [1.82, 2.24) is 0 Å². The number of rotatable bonds is 1. The minimum absolute atomic E-state index is 0.249. The fourth-order valence-corrected chi connectivity index (χ4v) is 1.61. The molecule has 0 unspecified atom stereocenters. The maximum atomic E-state index is 12.6. The summed E-state index contributed by atoms with van der Waals surface area (Å²) in [6.07, 6.45) is -17.7. The van der Waals surface area contributed by atoms with Crippen molar-refractivity contribution in [2.24, 2.45) is 0 Å². The molecule has 0 saturated heterocycles. The van der Waals surface area contributed by atoms with E-state index in [4.69, 9.17) is 5.73 Å². The van der Waals surface area contributed by atoms with Crippen molar-refractivity contribution in [2.75, 3.05) is 11.3 Å². The SMILES string of the molecule is Nc1cc(C(F)(F)F)c(C(F)(F)F)c(C(F)(F)F)c1NF. The van der Waals surface area contributed by atoms with Gasteiger partial charge in [0.05, 0.1) is 22.4 Å². The molecule has 12 heteroatoms. The van der Waals surface area contributed by atoms with Gasteiger partial charge in [0.15, 0.2) is 0 Å². The van der Waals surface area contributed by atoms with Gasteiger partial charge in [0, 0.05) is 0 Å². The average molecular weight is 330 g/mol. The summed E-state index contributed by atoms with van der Waals surface area (Å²) in [5.74, 6) is 0. The molecule has 21 heavy (non-hydrogen) atoms. The summed E-state index contributed by atoms with van der Waals surface area (Å²) >= 11 is 0. The first kappa shape index (κ1) is 17.2. The van der Waals surface area contributed by atoms with E-state index in [1.54, 1.807) is 0 Å². The standard InChI is InChI=1S/C9H4F10N2/c10-7(11,12)2-1-3(20)6(21-19)5(9(16,17)18)4(2)8(13,14)15/h1,21H,20H2. The second kappa shape index (κ2) is 4.84. The van der Waals surface area contributed by atoms with Crippen LogP contribution in [0.3, 0.4) is 0 Å². The van der Waals surface area contributed by atoms with E-state index in [2.05, 4.69) is 0 Å². The molecule has 0 aliphatic heterocycles. The number of nitrogens with two attached hydrogens (primary N) is 1. The van der Waals surface area contributed by atoms with E-state index in [1.165, 1.54) is 0 Å². The molecule has 0 aromatic heterocycles. The van der Waals surface area contributed by atoms with Gasteiger partial charge >= 0.3 is 18.5 Å². The van der Waals surface area contributed by atoms with Gasteiger partial charge in [-0.05, 0) is 6.07 Å². The molecule has 2 nitrogen and oxygen atoms in total. The second-order valence-electron chi connectivity index (χ2n) is 3.73.